The van der Waals surface area contributed by atoms with Crippen molar-refractivity contribution < 1.29 is 4.79 Å². The lowest BCUT2D eigenvalue weighted by Crippen LogP contribution is -1.93. The van der Waals surface area contributed by atoms with E-state index in [2.05, 4.69) is 0 Å². The van der Waals surface area contributed by atoms with E-state index < -0.39 is 0 Å². The van der Waals surface area contributed by atoms with E-state index in [4.69, 9.17) is 46.4 Å². The van der Waals surface area contributed by atoms with Crippen molar-refractivity contribution in [3.05, 3.63) is 31.2 Å². The Bertz CT molecular complexity index is 444. The fourth-order valence-electron chi connectivity index (χ4n) is 1.24. The highest BCUT2D eigenvalue weighted by atomic mass is 35.5. The summed E-state index contributed by atoms with van der Waals surface area (Å²) in [5, 5.41) is 0.784. The van der Waals surface area contributed by atoms with Gasteiger partial charge in [0, 0.05) is 5.75 Å². The van der Waals surface area contributed by atoms with Crippen LogP contribution < -0.4 is 0 Å². The van der Waals surface area contributed by atoms with Crippen LogP contribution in [0, 0.1) is 0 Å². The van der Waals surface area contributed by atoms with E-state index in [0.717, 1.165) is 11.8 Å². The highest BCUT2D eigenvalue weighted by Crippen LogP contribution is 2.47. The Hall–Kier alpha value is 0.400. The molecule has 0 saturated heterocycles. The van der Waals surface area contributed by atoms with Crippen LogP contribution in [0.4, 0.5) is 0 Å². The molecule has 0 bridgehead atoms. The average Bonchev–Trinajstić information content (AvgIpc) is 2.54. The third kappa shape index (κ3) is 1.44. The van der Waals surface area contributed by atoms with Crippen molar-refractivity contribution >= 4 is 63.3 Å². The molecule has 1 aliphatic heterocycles. The lowest BCUT2D eigenvalue weighted by atomic mass is 10.1. The Balaban J connectivity index is 2.84. The molecule has 14 heavy (non-hydrogen) atoms. The van der Waals surface area contributed by atoms with E-state index in [1.807, 2.05) is 0 Å². The molecule has 74 valence electrons. The summed E-state index contributed by atoms with van der Waals surface area (Å²) in [6.45, 7) is 0. The molecule has 0 N–H and O–H groups in total. The molecule has 1 nitrogen and oxygen atoms in total. The van der Waals surface area contributed by atoms with Crippen LogP contribution >= 0.6 is 58.2 Å². The van der Waals surface area contributed by atoms with Crippen LogP contribution in [-0.2, 0) is 5.75 Å². The molecule has 1 aromatic carbocycles. The zero-order valence-corrected chi connectivity index (χ0v) is 10.4. The number of halogens is 4. The number of carbonyl (C=O) groups excluding carboxylic acids is 1. The predicted molar refractivity (Wildman–Crippen MR) is 62.1 cm³/mol. The van der Waals surface area contributed by atoms with Gasteiger partial charge in [-0.3, -0.25) is 4.79 Å². The Labute approximate surface area is 105 Å². The maximum absolute atomic E-state index is 11.4. The summed E-state index contributed by atoms with van der Waals surface area (Å²) in [6.07, 6.45) is 0. The molecule has 1 aromatic rings. The molecule has 1 heterocycles. The first-order chi connectivity index (χ1) is 6.54. The summed E-state index contributed by atoms with van der Waals surface area (Å²) in [5.74, 6) is 0.504. The molecule has 0 atom stereocenters. The summed E-state index contributed by atoms with van der Waals surface area (Å²) in [4.78, 5) is 11.4. The number of fused-ring (bicyclic) bond motifs is 1. The van der Waals surface area contributed by atoms with E-state index in [-0.39, 0.29) is 20.2 Å². The minimum atomic E-state index is -0.106. The highest BCUT2D eigenvalue weighted by Gasteiger charge is 2.29. The number of hydrogen-bond donors (Lipinski definition) is 0. The van der Waals surface area contributed by atoms with Crippen LogP contribution in [0.1, 0.15) is 15.9 Å². The molecule has 0 aromatic heterocycles. The van der Waals surface area contributed by atoms with Crippen LogP contribution in [0.5, 0.6) is 0 Å². The quantitative estimate of drug-likeness (QED) is 0.509. The molecule has 0 radical (unpaired) electrons. The van der Waals surface area contributed by atoms with Crippen molar-refractivity contribution in [1.82, 2.24) is 0 Å². The van der Waals surface area contributed by atoms with Gasteiger partial charge in [0.2, 0.25) is 5.12 Å². The number of rotatable bonds is 0. The normalized spacial score (nSPS) is 14.7. The zero-order chi connectivity index (χ0) is 10.5. The van der Waals surface area contributed by atoms with Crippen LogP contribution in [0.3, 0.4) is 0 Å². The second kappa shape index (κ2) is 3.76. The summed E-state index contributed by atoms with van der Waals surface area (Å²) in [7, 11) is 0. The first-order valence-electron chi connectivity index (χ1n) is 3.56. The molecule has 1 aliphatic rings. The van der Waals surface area contributed by atoms with Gasteiger partial charge in [-0.15, -0.1) is 0 Å². The number of benzene rings is 1. The van der Waals surface area contributed by atoms with Crippen LogP contribution in [0.25, 0.3) is 0 Å². The van der Waals surface area contributed by atoms with Gasteiger partial charge in [0.25, 0.3) is 0 Å². The second-order valence-corrected chi connectivity index (χ2v) is 5.15. The smallest absolute Gasteiger partial charge is 0.221 e. The maximum Gasteiger partial charge on any atom is 0.221 e. The molecule has 0 spiro atoms. The van der Waals surface area contributed by atoms with Gasteiger partial charge in [0.15, 0.2) is 0 Å². The van der Waals surface area contributed by atoms with Gasteiger partial charge in [0.1, 0.15) is 0 Å². The van der Waals surface area contributed by atoms with Crippen LogP contribution in [0.15, 0.2) is 0 Å². The maximum atomic E-state index is 11.4. The molecule has 2 rings (SSSR count). The van der Waals surface area contributed by atoms with Crippen molar-refractivity contribution in [3.8, 4) is 0 Å². The van der Waals surface area contributed by atoms with E-state index >= 15 is 0 Å². The number of carbonyl (C=O) groups is 1. The molecular weight excluding hydrogens is 286 g/mol. The summed E-state index contributed by atoms with van der Waals surface area (Å²) in [6, 6.07) is 0. The minimum absolute atomic E-state index is 0.106. The fourth-order valence-corrected chi connectivity index (χ4v) is 3.35. The monoisotopic (exact) mass is 286 g/mol. The van der Waals surface area contributed by atoms with E-state index in [0.29, 0.717) is 21.9 Å². The van der Waals surface area contributed by atoms with Gasteiger partial charge in [0.05, 0.1) is 25.7 Å². The molecule has 0 aliphatic carbocycles. The third-order valence-corrected chi connectivity index (χ3v) is 4.66. The summed E-state index contributed by atoms with van der Waals surface area (Å²) < 4.78 is 0. The molecule has 0 fully saturated rings. The van der Waals surface area contributed by atoms with Crippen molar-refractivity contribution in [2.75, 3.05) is 0 Å². The lowest BCUT2D eigenvalue weighted by Gasteiger charge is -2.07. The Morgan fingerprint density at radius 3 is 2.14 bits per heavy atom. The Kier molecular flexibility index (Phi) is 2.93. The van der Waals surface area contributed by atoms with E-state index in [1.165, 1.54) is 0 Å². The second-order valence-electron chi connectivity index (χ2n) is 2.69. The third-order valence-electron chi connectivity index (χ3n) is 1.92. The van der Waals surface area contributed by atoms with Gasteiger partial charge in [-0.1, -0.05) is 58.2 Å². The average molecular weight is 288 g/mol. The zero-order valence-electron chi connectivity index (χ0n) is 6.54. The molecule has 0 amide bonds. The van der Waals surface area contributed by atoms with Crippen molar-refractivity contribution in [2.24, 2.45) is 0 Å². The summed E-state index contributed by atoms with van der Waals surface area (Å²) >= 11 is 24.7. The van der Waals surface area contributed by atoms with Crippen molar-refractivity contribution in [3.63, 3.8) is 0 Å². The standard InChI is InChI=1S/C8H2Cl4OS/c9-4-2-1-14-8(13)3(2)5(10)7(12)6(4)11/h1H2. The van der Waals surface area contributed by atoms with Gasteiger partial charge < -0.3 is 0 Å². The van der Waals surface area contributed by atoms with Gasteiger partial charge >= 0.3 is 0 Å². The molecular formula is C8H2Cl4OS. The van der Waals surface area contributed by atoms with E-state index in [1.54, 1.807) is 0 Å². The van der Waals surface area contributed by atoms with Gasteiger partial charge in [-0.05, 0) is 5.56 Å². The molecule has 0 unspecified atom stereocenters. The molecule has 0 saturated carbocycles. The van der Waals surface area contributed by atoms with Crippen molar-refractivity contribution in [2.45, 2.75) is 5.75 Å². The van der Waals surface area contributed by atoms with Gasteiger partial charge in [-0.2, -0.15) is 0 Å². The predicted octanol–water partition coefficient (Wildman–Crippen LogP) is 4.69. The first-order valence-corrected chi connectivity index (χ1v) is 6.05. The number of hydrogen-bond acceptors (Lipinski definition) is 2. The molecule has 6 heteroatoms. The number of thioether (sulfide) groups is 1. The fraction of sp³-hybridized carbons (Fsp3) is 0.125. The first kappa shape index (κ1) is 10.9. The van der Waals surface area contributed by atoms with Gasteiger partial charge in [-0.25, -0.2) is 0 Å². The SMILES string of the molecule is O=C1SCc2c(Cl)c(Cl)c(Cl)c(Cl)c21. The minimum Gasteiger partial charge on any atom is -0.281 e. The topological polar surface area (TPSA) is 17.1 Å². The van der Waals surface area contributed by atoms with Crippen LogP contribution in [0.2, 0.25) is 20.1 Å². The lowest BCUT2D eigenvalue weighted by molar-refractivity contribution is 0.109. The highest BCUT2D eigenvalue weighted by molar-refractivity contribution is 8.14. The Morgan fingerprint density at radius 1 is 0.929 bits per heavy atom. The van der Waals surface area contributed by atoms with E-state index in [9.17, 15) is 4.79 Å². The Morgan fingerprint density at radius 2 is 1.50 bits per heavy atom. The largest absolute Gasteiger partial charge is 0.281 e. The van der Waals surface area contributed by atoms with Crippen LogP contribution in [-0.4, -0.2) is 5.12 Å². The summed E-state index contributed by atoms with van der Waals surface area (Å²) in [5.41, 5.74) is 1.08. The van der Waals surface area contributed by atoms with Crippen molar-refractivity contribution in [1.29, 1.82) is 0 Å².